The molecular weight excluding hydrogens is 1160 g/mol. The molecule has 0 N–H and O–H groups in total. The van der Waals surface area contributed by atoms with Crippen LogP contribution in [-0.2, 0) is 13.3 Å². The van der Waals surface area contributed by atoms with Crippen LogP contribution in [0.5, 0.6) is 0 Å². The molecule has 0 heterocycles. The Bertz CT molecular complexity index is 1580. The molecule has 0 aromatic rings. The molecule has 3 nitrogen and oxygen atoms in total. The SMILES string of the molecule is CC.CO[Si](CCC(F)(F)C(F)(F)C(F)(F)C(F)(F)C(F)(F)C(F)(F)C(F)(F)C(F)(F)F)(OC)OC.FC(F)(F)C(F)(F)C(F)(F)C(F)(F)C(F)(F)C(F)(F)C(F)(F)C(F)(F)CC[Si](Cl)(Cl)Cl. The second kappa shape index (κ2) is 20.4. The molecule has 0 spiro atoms. The highest BCUT2D eigenvalue weighted by Gasteiger charge is 2.97. The fourth-order valence-corrected chi connectivity index (χ4v) is 7.05. The van der Waals surface area contributed by atoms with Gasteiger partial charge >= 0.3 is 110 Å². The molecule has 408 valence electrons. The molecule has 0 saturated carbocycles. The number of hydrogen-bond donors (Lipinski definition) is 0. The van der Waals surface area contributed by atoms with Gasteiger partial charge < -0.3 is 13.3 Å². The Morgan fingerprint density at radius 3 is 0.612 bits per heavy atom. The van der Waals surface area contributed by atoms with Crippen molar-refractivity contribution in [3.63, 3.8) is 0 Å². The van der Waals surface area contributed by atoms with Gasteiger partial charge in [-0.2, -0.15) is 149 Å². The van der Waals surface area contributed by atoms with Gasteiger partial charge in [0.25, 0.3) is 0 Å². The van der Waals surface area contributed by atoms with Gasteiger partial charge in [-0.15, -0.1) is 33.2 Å². The highest BCUT2D eigenvalue weighted by molar-refractivity contribution is 7.64. The van der Waals surface area contributed by atoms with E-state index < -0.39 is 135 Å². The third-order valence-corrected chi connectivity index (χ3v) is 13.2. The van der Waals surface area contributed by atoms with Gasteiger partial charge in [-0.1, -0.05) is 13.8 Å². The summed E-state index contributed by atoms with van der Waals surface area (Å²) in [5, 5.41) is 0. The first kappa shape index (κ1) is 70.1. The molecule has 42 heteroatoms. The van der Waals surface area contributed by atoms with Crippen LogP contribution in [-0.4, -0.2) is 131 Å². The predicted molar refractivity (Wildman–Crippen MR) is 162 cm³/mol. The van der Waals surface area contributed by atoms with Crippen molar-refractivity contribution in [1.29, 1.82) is 0 Å². The van der Waals surface area contributed by atoms with Crippen molar-refractivity contribution in [1.82, 2.24) is 0 Å². The molecule has 0 atom stereocenters. The van der Waals surface area contributed by atoms with Crippen molar-refractivity contribution in [3.8, 4) is 0 Å². The van der Waals surface area contributed by atoms with Crippen molar-refractivity contribution in [2.75, 3.05) is 21.3 Å². The molecule has 0 fully saturated rings. The molecule has 0 saturated heterocycles. The van der Waals surface area contributed by atoms with Crippen LogP contribution in [0.15, 0.2) is 0 Å². The third-order valence-electron chi connectivity index (χ3n) is 7.97. The molecular formula is C25H23Cl3F34O3Si2. The Balaban J connectivity index is -0.00000118. The lowest BCUT2D eigenvalue weighted by Crippen LogP contribution is -2.74. The van der Waals surface area contributed by atoms with Gasteiger partial charge in [0.05, 0.1) is 0 Å². The second-order valence-corrected chi connectivity index (χ2v) is 24.6. The Morgan fingerprint density at radius 2 is 0.448 bits per heavy atom. The normalized spacial score (nSPS) is 16.0. The lowest BCUT2D eigenvalue weighted by atomic mass is 9.88. The fourth-order valence-electron chi connectivity index (χ4n) is 3.87. The van der Waals surface area contributed by atoms with Crippen LogP contribution >= 0.6 is 33.2 Å². The molecule has 67 heavy (non-hydrogen) atoms. The molecule has 0 unspecified atom stereocenters. The van der Waals surface area contributed by atoms with Crippen molar-refractivity contribution in [3.05, 3.63) is 0 Å². The van der Waals surface area contributed by atoms with E-state index >= 15 is 0 Å². The van der Waals surface area contributed by atoms with E-state index in [9.17, 15) is 149 Å². The van der Waals surface area contributed by atoms with Crippen LogP contribution in [0.4, 0.5) is 149 Å². The zero-order valence-electron chi connectivity index (χ0n) is 32.0. The summed E-state index contributed by atoms with van der Waals surface area (Å²) in [6, 6.07) is -7.69. The van der Waals surface area contributed by atoms with Crippen molar-refractivity contribution >= 4 is 48.0 Å². The zero-order chi connectivity index (χ0) is 55.9. The van der Waals surface area contributed by atoms with Crippen LogP contribution in [0.3, 0.4) is 0 Å². The number of rotatable bonds is 21. The molecule has 0 rings (SSSR count). The van der Waals surface area contributed by atoms with Gasteiger partial charge in [0.1, 0.15) is 0 Å². The molecule has 0 aliphatic rings. The summed E-state index contributed by atoms with van der Waals surface area (Å²) in [6.07, 6.45) is -21.0. The third kappa shape index (κ3) is 11.7. The topological polar surface area (TPSA) is 27.7 Å². The molecule has 0 aliphatic heterocycles. The highest BCUT2D eigenvalue weighted by Crippen LogP contribution is 2.66. The van der Waals surface area contributed by atoms with E-state index in [1.165, 1.54) is 0 Å². The van der Waals surface area contributed by atoms with E-state index in [0.717, 1.165) is 0 Å². The minimum absolute atomic E-state index is 0.668. The average molecular weight is 1180 g/mol. The van der Waals surface area contributed by atoms with Gasteiger partial charge in [-0.3, -0.25) is 0 Å². The smallest absolute Gasteiger partial charge is 0.377 e. The van der Waals surface area contributed by atoms with Gasteiger partial charge in [0, 0.05) is 40.2 Å². The lowest BCUT2D eigenvalue weighted by Gasteiger charge is -2.43. The van der Waals surface area contributed by atoms with Gasteiger partial charge in [-0.25, -0.2) is 0 Å². The molecule has 0 radical (unpaired) electrons. The molecule has 0 aromatic carbocycles. The number of halogens is 37. The van der Waals surface area contributed by atoms with E-state index in [1.807, 2.05) is 13.8 Å². The first-order valence-electron chi connectivity index (χ1n) is 15.7. The van der Waals surface area contributed by atoms with Crippen molar-refractivity contribution in [2.45, 2.75) is 134 Å². The molecule has 0 amide bonds. The summed E-state index contributed by atoms with van der Waals surface area (Å²) < 4.78 is 457. The molecule has 0 aromatic heterocycles. The van der Waals surface area contributed by atoms with Gasteiger partial charge in [0.15, 0.2) is 0 Å². The summed E-state index contributed by atoms with van der Waals surface area (Å²) in [7, 11) is -2.36. The van der Waals surface area contributed by atoms with Crippen LogP contribution in [0, 0.1) is 0 Å². The fraction of sp³-hybridized carbons (Fsp3) is 1.00. The van der Waals surface area contributed by atoms with Crippen LogP contribution in [0.1, 0.15) is 26.7 Å². The van der Waals surface area contributed by atoms with Crippen LogP contribution in [0.2, 0.25) is 12.1 Å². The van der Waals surface area contributed by atoms with E-state index in [0.29, 0.717) is 21.3 Å². The quantitative estimate of drug-likeness (QED) is 0.0651. The van der Waals surface area contributed by atoms with Crippen molar-refractivity contribution < 1.29 is 163 Å². The monoisotopic (exact) mass is 1180 g/mol. The largest absolute Gasteiger partial charge is 0.500 e. The average Bonchev–Trinajstić information content (AvgIpc) is 3.13. The number of hydrogen-bond acceptors (Lipinski definition) is 3. The van der Waals surface area contributed by atoms with E-state index in [-0.39, 0.29) is 0 Å². The van der Waals surface area contributed by atoms with Gasteiger partial charge in [0.2, 0.25) is 0 Å². The van der Waals surface area contributed by atoms with Gasteiger partial charge in [-0.05, 0) is 6.04 Å². The van der Waals surface area contributed by atoms with Crippen LogP contribution in [0.25, 0.3) is 0 Å². The first-order valence-corrected chi connectivity index (χ1v) is 22.9. The number of alkyl halides is 34. The van der Waals surface area contributed by atoms with E-state index in [2.05, 4.69) is 13.3 Å². The Hall–Kier alpha value is -1.20. The Labute approximate surface area is 366 Å². The minimum atomic E-state index is -8.65. The maximum atomic E-state index is 13.8. The summed E-state index contributed by atoms with van der Waals surface area (Å²) in [5.74, 6) is -113. The standard InChI is InChI=1S/C13H13F17O3Si.C10H4Cl3F17Si.C2H6/c1-31-34(32-2,33-3)5-4-6(14,15)7(16,17)8(18,19)9(20,21)10(22,23)11(24,25)12(26,27)13(28,29)30;11-31(12,13)2-1-3(14,15)4(16,17)5(18,19)6(20,21)7(22,23)8(24,25)9(26,27)10(28,29)30;1-2/h4-5H2,1-3H3;1-2H2;1-2H3. The van der Waals surface area contributed by atoms with E-state index in [1.54, 1.807) is 0 Å². The lowest BCUT2D eigenvalue weighted by molar-refractivity contribution is -0.461. The van der Waals surface area contributed by atoms with Crippen molar-refractivity contribution in [2.24, 2.45) is 0 Å². The molecule has 0 aliphatic carbocycles. The summed E-state index contributed by atoms with van der Waals surface area (Å²) in [6.45, 7) is 4.00. The summed E-state index contributed by atoms with van der Waals surface area (Å²) >= 11 is 14.9. The first-order chi connectivity index (χ1) is 28.6. The predicted octanol–water partition coefficient (Wildman–Crippen LogP) is 15.3. The minimum Gasteiger partial charge on any atom is -0.377 e. The maximum absolute atomic E-state index is 13.8. The maximum Gasteiger partial charge on any atom is 0.500 e. The molecule has 0 bridgehead atoms. The Kier molecular flexibility index (Phi) is 21.3. The second-order valence-electron chi connectivity index (χ2n) is 12.2. The Morgan fingerprint density at radius 1 is 0.284 bits per heavy atom. The highest BCUT2D eigenvalue weighted by atomic mass is 35.8. The van der Waals surface area contributed by atoms with Crippen LogP contribution < -0.4 is 0 Å². The summed E-state index contributed by atoms with van der Waals surface area (Å²) in [5.41, 5.74) is 0. The summed E-state index contributed by atoms with van der Waals surface area (Å²) in [4.78, 5) is 0. The zero-order valence-corrected chi connectivity index (χ0v) is 36.3. The van der Waals surface area contributed by atoms with E-state index in [4.69, 9.17) is 33.2 Å².